The van der Waals surface area contributed by atoms with Gasteiger partial charge >= 0.3 is 88.7 Å². The van der Waals surface area contributed by atoms with E-state index in [0.717, 1.165) is 0 Å². The second kappa shape index (κ2) is 384. The molecule has 0 aromatic carbocycles. The molecule has 0 radical (unpaired) electrons. The van der Waals surface area contributed by atoms with E-state index in [0.29, 0.717) is 0 Å². The van der Waals surface area contributed by atoms with E-state index in [1.807, 2.05) is 0 Å². The molecule has 0 aliphatic rings. The Balaban J connectivity index is -0.00000000154. The molecule has 21 heavy (non-hydrogen) atoms. The third kappa shape index (κ3) is 2130. The summed E-state index contributed by atoms with van der Waals surface area (Å²) < 4.78 is 0. The molecule has 18 heteroatoms. The van der Waals surface area contributed by atoms with Crippen molar-refractivity contribution in [2.24, 2.45) is 0 Å². The molecule has 0 aliphatic heterocycles. The third-order valence-electron chi connectivity index (χ3n) is 0. The summed E-state index contributed by atoms with van der Waals surface area (Å²) in [5, 5.41) is 25.4. The van der Waals surface area contributed by atoms with Crippen LogP contribution in [0.3, 0.4) is 0 Å². The first-order valence-electron chi connectivity index (χ1n) is 1.28. The van der Waals surface area contributed by atoms with Crippen molar-refractivity contribution in [1.29, 1.82) is 0 Å². The van der Waals surface area contributed by atoms with Crippen molar-refractivity contribution >= 4 is 52.1 Å². The molecular formula is C3H18N3Na3O9S3. The van der Waals surface area contributed by atoms with E-state index in [9.17, 15) is 0 Å². The van der Waals surface area contributed by atoms with Gasteiger partial charge in [0.1, 0.15) is 0 Å². The normalized spacial score (nSPS) is 1.14. The van der Waals surface area contributed by atoms with Gasteiger partial charge in [-0.05, 0) is 0 Å². The van der Waals surface area contributed by atoms with Crippen molar-refractivity contribution in [3.8, 4) is 0 Å². The molecule has 0 aliphatic carbocycles. The molecule has 0 heterocycles. The van der Waals surface area contributed by atoms with E-state index in [-0.39, 0.29) is 138 Å². The van der Waals surface area contributed by atoms with Crippen LogP contribution in [0.2, 0.25) is 0 Å². The van der Waals surface area contributed by atoms with Crippen molar-refractivity contribution in [2.45, 2.75) is 0 Å². The van der Waals surface area contributed by atoms with Gasteiger partial charge in [0, 0.05) is 0 Å². The number of isothiocyanates is 3. The topological polar surface area (TPSA) is 350 Å². The van der Waals surface area contributed by atoms with Crippen molar-refractivity contribution in [2.75, 3.05) is 0 Å². The van der Waals surface area contributed by atoms with Crippen molar-refractivity contribution in [1.82, 2.24) is 0 Å². The number of rotatable bonds is 0. The fourth-order valence-corrected chi connectivity index (χ4v) is 0. The maximum absolute atomic E-state index is 7.13. The minimum atomic E-state index is 0. The maximum atomic E-state index is 7.13. The summed E-state index contributed by atoms with van der Waals surface area (Å²) in [5.41, 5.74) is 0. The van der Waals surface area contributed by atoms with Crippen LogP contribution >= 0.6 is 36.7 Å². The van der Waals surface area contributed by atoms with E-state index in [2.05, 4.69) is 36.7 Å². The van der Waals surface area contributed by atoms with Crippen LogP contribution in [0.25, 0.3) is 16.2 Å². The molecule has 0 unspecified atom stereocenters. The van der Waals surface area contributed by atoms with Crippen LogP contribution in [0.5, 0.6) is 0 Å². The second-order valence-electron chi connectivity index (χ2n) is 0.274. The summed E-state index contributed by atoms with van der Waals surface area (Å²) in [5.74, 6) is 0. The van der Waals surface area contributed by atoms with Crippen LogP contribution in [-0.4, -0.2) is 64.8 Å². The maximum Gasteiger partial charge on any atom is 1.00 e. The Kier molecular flexibility index (Phi) is 3170. The van der Waals surface area contributed by atoms with Gasteiger partial charge in [0.2, 0.25) is 0 Å². The van der Waals surface area contributed by atoms with Gasteiger partial charge in [0.05, 0.1) is 0 Å². The van der Waals surface area contributed by atoms with Crippen molar-refractivity contribution in [3.05, 3.63) is 16.2 Å². The summed E-state index contributed by atoms with van der Waals surface area (Å²) in [6.45, 7) is 0. The Hall–Kier alpha value is 2.04. The fraction of sp³-hybridized carbons (Fsp3) is 0. The molecule has 0 fully saturated rings. The molecule has 0 saturated heterocycles. The Morgan fingerprint density at radius 1 is 0.381 bits per heavy atom. The zero-order valence-electron chi connectivity index (χ0n) is 11.6. The van der Waals surface area contributed by atoms with Gasteiger partial charge in [-0.1, -0.05) is 36.7 Å². The van der Waals surface area contributed by atoms with Crippen LogP contribution in [0, 0.1) is 0 Å². The summed E-state index contributed by atoms with van der Waals surface area (Å²) in [6.07, 6.45) is 0. The average Bonchev–Trinajstić information content (AvgIpc) is 1.70. The van der Waals surface area contributed by atoms with E-state index >= 15 is 0 Å². The van der Waals surface area contributed by atoms with Gasteiger partial charge in [-0.25, -0.2) is 0 Å². The fourth-order valence-electron chi connectivity index (χ4n) is 0. The molecule has 0 aromatic rings. The van der Waals surface area contributed by atoms with E-state index in [1.54, 1.807) is 0 Å². The van der Waals surface area contributed by atoms with Crippen LogP contribution < -0.4 is 88.7 Å². The smallest absolute Gasteiger partial charge is 0.753 e. The first-order valence-corrected chi connectivity index (χ1v) is 2.51. The molecule has 0 saturated carbocycles. The Morgan fingerprint density at radius 2 is 0.381 bits per heavy atom. The molecule has 0 spiro atoms. The summed E-state index contributed by atoms with van der Waals surface area (Å²) in [7, 11) is 0. The average molecular weight is 405 g/mol. The van der Waals surface area contributed by atoms with E-state index in [1.165, 1.54) is 15.5 Å². The van der Waals surface area contributed by atoms with Gasteiger partial charge in [-0.15, -0.1) is 0 Å². The molecular weight excluding hydrogens is 387 g/mol. The molecule has 0 amide bonds. The standard InChI is InChI=1S/3CNS.3Na.9H2O/c3*2-1-3;;;;;;;;;;;;/h;;;;;;9*1H2/q3*-1;3*+1;;;;;;;;;. The number of hydrogen-bond acceptors (Lipinski definition) is 3. The monoisotopic (exact) mass is 405 g/mol. The Morgan fingerprint density at radius 3 is 0.381 bits per heavy atom. The first kappa shape index (κ1) is 173. The Labute approximate surface area is 203 Å². The van der Waals surface area contributed by atoms with Crippen LogP contribution in [0.15, 0.2) is 0 Å². The van der Waals surface area contributed by atoms with Gasteiger partial charge < -0.3 is 65.5 Å². The predicted molar refractivity (Wildman–Crippen MR) is 80.4 cm³/mol. The number of thiocarbonyl (C=S) groups is 3. The van der Waals surface area contributed by atoms with Gasteiger partial charge in [-0.2, -0.15) is 15.5 Å². The van der Waals surface area contributed by atoms with Crippen molar-refractivity contribution < 1.29 is 138 Å². The molecule has 0 aromatic heterocycles. The van der Waals surface area contributed by atoms with Crippen LogP contribution in [-0.2, 0) is 0 Å². The minimum absolute atomic E-state index is 0. The Bertz CT molecular complexity index is 136. The SMILES string of the molecule is O.O.O.O.O.O.O.O.O.[N-]=C=S.[N-]=C=S.[N-]=C=S.[Na+].[Na+].[Na+]. The number of nitrogens with zero attached hydrogens (tertiary/aromatic N) is 3. The number of hydrogen-bond donors (Lipinski definition) is 0. The van der Waals surface area contributed by atoms with Crippen molar-refractivity contribution in [3.63, 3.8) is 0 Å². The van der Waals surface area contributed by atoms with E-state index < -0.39 is 0 Å². The predicted octanol–water partition coefficient (Wildman–Crippen LogP) is -14.4. The molecule has 120 valence electrons. The molecule has 12 nitrogen and oxygen atoms in total. The second-order valence-corrected chi connectivity index (χ2v) is 0.822. The van der Waals surface area contributed by atoms with Gasteiger partial charge in [-0.3, -0.25) is 0 Å². The zero-order valence-corrected chi connectivity index (χ0v) is 20.0. The van der Waals surface area contributed by atoms with Crippen LogP contribution in [0.1, 0.15) is 0 Å². The molecule has 0 bridgehead atoms. The molecule has 0 atom stereocenters. The minimum Gasteiger partial charge on any atom is -0.753 e. The quantitative estimate of drug-likeness (QED) is 0.215. The molecule has 0 rings (SSSR count). The van der Waals surface area contributed by atoms with Crippen LogP contribution in [0.4, 0.5) is 0 Å². The summed E-state index contributed by atoms with van der Waals surface area (Å²) in [4.78, 5) is 0. The first-order chi connectivity index (χ1) is 4.24. The third-order valence-corrected chi connectivity index (χ3v) is 0. The zero-order chi connectivity index (χ0) is 8.12. The van der Waals surface area contributed by atoms with E-state index in [4.69, 9.17) is 16.2 Å². The molecule has 18 N–H and O–H groups in total. The van der Waals surface area contributed by atoms with Gasteiger partial charge in [0.15, 0.2) is 0 Å². The summed E-state index contributed by atoms with van der Waals surface area (Å²) >= 11 is 11.1. The van der Waals surface area contributed by atoms with Gasteiger partial charge in [0.25, 0.3) is 0 Å². The largest absolute Gasteiger partial charge is 1.00 e. The summed E-state index contributed by atoms with van der Waals surface area (Å²) in [6, 6.07) is 0.